The Morgan fingerprint density at radius 2 is 1.86 bits per heavy atom. The molecule has 0 unspecified atom stereocenters. The molecular weight excluding hydrogens is 468 g/mol. The number of sulfonamides is 1. The Kier molecular flexibility index (Phi) is 5.48. The van der Waals surface area contributed by atoms with Gasteiger partial charge in [0.05, 0.1) is 11.9 Å². The molecule has 1 amide bonds. The minimum absolute atomic E-state index is 0.0202. The van der Waals surface area contributed by atoms with Gasteiger partial charge in [-0.25, -0.2) is 18.1 Å². The van der Waals surface area contributed by atoms with Crippen LogP contribution in [-0.4, -0.2) is 34.1 Å². The second-order valence-corrected chi connectivity index (χ2v) is 9.92. The van der Waals surface area contributed by atoms with Gasteiger partial charge in [-0.2, -0.15) is 10.1 Å². The number of nitrogens with one attached hydrogen (secondary N) is 2. The van der Waals surface area contributed by atoms with Crippen molar-refractivity contribution in [1.29, 1.82) is 0 Å². The van der Waals surface area contributed by atoms with Crippen LogP contribution < -0.4 is 14.8 Å². The van der Waals surface area contributed by atoms with Crippen molar-refractivity contribution in [2.45, 2.75) is 25.3 Å². The predicted octanol–water partition coefficient (Wildman–Crippen LogP) is 3.33. The monoisotopic (exact) mass is 490 g/mol. The Labute approximate surface area is 202 Å². The van der Waals surface area contributed by atoms with E-state index in [-0.39, 0.29) is 22.6 Å². The van der Waals surface area contributed by atoms with Gasteiger partial charge in [-0.1, -0.05) is 24.3 Å². The summed E-state index contributed by atoms with van der Waals surface area (Å²) in [6.07, 6.45) is 2.62. The molecule has 5 rings (SSSR count). The molecule has 35 heavy (non-hydrogen) atoms. The van der Waals surface area contributed by atoms with E-state index < -0.39 is 10.0 Å². The van der Waals surface area contributed by atoms with Crippen molar-refractivity contribution < 1.29 is 17.9 Å². The summed E-state index contributed by atoms with van der Waals surface area (Å²) in [5.74, 6) is 0.199. The van der Waals surface area contributed by atoms with Gasteiger partial charge in [0.25, 0.3) is 15.9 Å². The van der Waals surface area contributed by atoms with Gasteiger partial charge in [0, 0.05) is 37.0 Å². The lowest BCUT2D eigenvalue weighted by Gasteiger charge is -2.14. The molecule has 2 N–H and O–H groups in total. The second kappa shape index (κ2) is 8.51. The van der Waals surface area contributed by atoms with Crippen LogP contribution in [0.15, 0.2) is 59.8 Å². The van der Waals surface area contributed by atoms with Crippen molar-refractivity contribution >= 4 is 21.9 Å². The maximum Gasteiger partial charge on any atom is 0.267 e. The first-order valence-electron chi connectivity index (χ1n) is 10.8. The molecule has 0 atom stereocenters. The van der Waals surface area contributed by atoms with Crippen molar-refractivity contribution in [1.82, 2.24) is 25.1 Å². The molecule has 11 heteroatoms. The molecular formula is C24H22N6O4S. The molecule has 4 aromatic rings. The van der Waals surface area contributed by atoms with Crippen molar-refractivity contribution in [3.05, 3.63) is 77.1 Å². The molecule has 0 saturated carbocycles. The lowest BCUT2D eigenvalue weighted by molar-refractivity contribution is 0.0965. The number of rotatable bonds is 6. The summed E-state index contributed by atoms with van der Waals surface area (Å²) in [5, 5.41) is 6.69. The standard InChI is InChI=1S/C24H22N6O4S/c1-14-5-4-6-15(2)22(14)20-10-21(34-17-8-7-16-11-25-23(31)19(16)9-17)28-24(27-20)29-35(32,33)18-12-26-30(3)13-18/h4-10,12-13H,11H2,1-3H3,(H,25,31)(H,27,28,29). The summed E-state index contributed by atoms with van der Waals surface area (Å²) < 4.78 is 35.6. The van der Waals surface area contributed by atoms with Crippen LogP contribution in [-0.2, 0) is 23.6 Å². The number of carbonyl (C=O) groups is 1. The van der Waals surface area contributed by atoms with Crippen molar-refractivity contribution in [3.63, 3.8) is 0 Å². The van der Waals surface area contributed by atoms with E-state index in [9.17, 15) is 13.2 Å². The van der Waals surface area contributed by atoms with Gasteiger partial charge >= 0.3 is 0 Å². The third-order valence-corrected chi connectivity index (χ3v) is 6.93. The Hall–Kier alpha value is -4.25. The zero-order valence-electron chi connectivity index (χ0n) is 19.2. The summed E-state index contributed by atoms with van der Waals surface area (Å²) in [6, 6.07) is 12.7. The number of aryl methyl sites for hydroxylation is 3. The third kappa shape index (κ3) is 4.45. The number of hydrogen-bond acceptors (Lipinski definition) is 7. The van der Waals surface area contributed by atoms with E-state index in [1.165, 1.54) is 17.1 Å². The number of benzene rings is 2. The van der Waals surface area contributed by atoms with E-state index >= 15 is 0 Å². The van der Waals surface area contributed by atoms with Crippen LogP contribution in [0.25, 0.3) is 11.3 Å². The molecule has 0 saturated heterocycles. The average molecular weight is 491 g/mol. The molecule has 0 bridgehead atoms. The highest BCUT2D eigenvalue weighted by atomic mass is 32.2. The van der Waals surface area contributed by atoms with Crippen LogP contribution in [0.1, 0.15) is 27.0 Å². The smallest absolute Gasteiger partial charge is 0.267 e. The summed E-state index contributed by atoms with van der Waals surface area (Å²) in [5.41, 5.74) is 4.67. The molecule has 0 fully saturated rings. The molecule has 2 aromatic carbocycles. The first kappa shape index (κ1) is 22.5. The van der Waals surface area contributed by atoms with Gasteiger partial charge in [0.1, 0.15) is 10.6 Å². The number of nitrogens with zero attached hydrogens (tertiary/aromatic N) is 4. The van der Waals surface area contributed by atoms with Gasteiger partial charge < -0.3 is 10.1 Å². The number of fused-ring (bicyclic) bond motifs is 1. The lowest BCUT2D eigenvalue weighted by atomic mass is 10.00. The fraction of sp³-hybridized carbons (Fsp3) is 0.167. The number of hydrogen-bond donors (Lipinski definition) is 2. The Balaban J connectivity index is 1.57. The molecule has 0 aliphatic carbocycles. The SMILES string of the molecule is Cc1cccc(C)c1-c1cc(Oc2ccc3c(c2)C(=O)NC3)nc(NS(=O)(=O)c2cnn(C)c2)n1. The summed E-state index contributed by atoms with van der Waals surface area (Å²) in [7, 11) is -2.36. The van der Waals surface area contributed by atoms with E-state index in [0.717, 1.165) is 22.3 Å². The highest BCUT2D eigenvalue weighted by Crippen LogP contribution is 2.32. The fourth-order valence-electron chi connectivity index (χ4n) is 3.96. The number of aromatic nitrogens is 4. The fourth-order valence-corrected chi connectivity index (χ4v) is 4.89. The van der Waals surface area contributed by atoms with E-state index in [2.05, 4.69) is 25.1 Å². The van der Waals surface area contributed by atoms with Gasteiger partial charge in [0.2, 0.25) is 11.8 Å². The third-order valence-electron chi connectivity index (χ3n) is 5.64. The number of amides is 1. The first-order valence-corrected chi connectivity index (χ1v) is 12.2. The Morgan fingerprint density at radius 1 is 1.09 bits per heavy atom. The molecule has 1 aliphatic heterocycles. The lowest BCUT2D eigenvalue weighted by Crippen LogP contribution is -2.15. The van der Waals surface area contributed by atoms with E-state index in [1.54, 1.807) is 25.2 Å². The molecule has 1 aliphatic rings. The van der Waals surface area contributed by atoms with Crippen molar-refractivity contribution in [2.75, 3.05) is 4.72 Å². The largest absolute Gasteiger partial charge is 0.439 e. The Bertz CT molecular complexity index is 1560. The molecule has 0 radical (unpaired) electrons. The quantitative estimate of drug-likeness (QED) is 0.424. The average Bonchev–Trinajstić information content (AvgIpc) is 3.40. The minimum Gasteiger partial charge on any atom is -0.439 e. The molecule has 2 aromatic heterocycles. The van der Waals surface area contributed by atoms with Crippen molar-refractivity contribution in [3.8, 4) is 22.9 Å². The van der Waals surface area contributed by atoms with Crippen molar-refractivity contribution in [2.24, 2.45) is 7.05 Å². The summed E-state index contributed by atoms with van der Waals surface area (Å²) >= 11 is 0. The van der Waals surface area contributed by atoms with Gasteiger partial charge in [-0.05, 0) is 42.7 Å². The van der Waals surface area contributed by atoms with Crippen LogP contribution in [0.3, 0.4) is 0 Å². The Morgan fingerprint density at radius 3 is 2.57 bits per heavy atom. The highest BCUT2D eigenvalue weighted by molar-refractivity contribution is 7.92. The highest BCUT2D eigenvalue weighted by Gasteiger charge is 2.22. The number of ether oxygens (including phenoxy) is 1. The molecule has 10 nitrogen and oxygen atoms in total. The minimum atomic E-state index is -3.98. The number of carbonyl (C=O) groups excluding carboxylic acids is 1. The second-order valence-electron chi connectivity index (χ2n) is 8.24. The van der Waals surface area contributed by atoms with E-state index in [4.69, 9.17) is 4.74 Å². The molecule has 3 heterocycles. The first-order chi connectivity index (χ1) is 16.7. The van der Waals surface area contributed by atoms with Gasteiger partial charge in [-0.15, -0.1) is 0 Å². The van der Waals surface area contributed by atoms with Gasteiger partial charge in [-0.3, -0.25) is 9.48 Å². The summed E-state index contributed by atoms with van der Waals surface area (Å²) in [4.78, 5) is 20.8. The van der Waals surface area contributed by atoms with Crippen LogP contribution in [0, 0.1) is 13.8 Å². The molecule has 0 spiro atoms. The van der Waals surface area contributed by atoms with Crippen LogP contribution in [0.2, 0.25) is 0 Å². The zero-order chi connectivity index (χ0) is 24.7. The number of anilines is 1. The predicted molar refractivity (Wildman–Crippen MR) is 129 cm³/mol. The van der Waals surface area contributed by atoms with Crippen LogP contribution >= 0.6 is 0 Å². The van der Waals surface area contributed by atoms with Gasteiger partial charge in [0.15, 0.2) is 0 Å². The topological polar surface area (TPSA) is 128 Å². The normalized spacial score (nSPS) is 12.8. The maximum atomic E-state index is 12.9. The summed E-state index contributed by atoms with van der Waals surface area (Å²) in [6.45, 7) is 4.37. The van der Waals surface area contributed by atoms with Crippen LogP contribution in [0.5, 0.6) is 11.6 Å². The van der Waals surface area contributed by atoms with Crippen LogP contribution in [0.4, 0.5) is 5.95 Å². The van der Waals surface area contributed by atoms with E-state index in [1.807, 2.05) is 38.1 Å². The maximum absolute atomic E-state index is 12.9. The van der Waals surface area contributed by atoms with E-state index in [0.29, 0.717) is 23.6 Å². The zero-order valence-corrected chi connectivity index (χ0v) is 20.0. The molecule has 178 valence electrons.